The van der Waals surface area contributed by atoms with Gasteiger partial charge in [0.1, 0.15) is 0 Å². The Bertz CT molecular complexity index is 556. The number of hydrogen-bond donors (Lipinski definition) is 1. The van der Waals surface area contributed by atoms with Crippen molar-refractivity contribution in [3.05, 3.63) is 23.9 Å². The van der Waals surface area contributed by atoms with Crippen molar-refractivity contribution >= 4 is 23.3 Å². The molecule has 1 N–H and O–H groups in total. The van der Waals surface area contributed by atoms with Crippen LogP contribution in [0.1, 0.15) is 31.1 Å². The second kappa shape index (κ2) is 4.01. The number of ketones is 1. The van der Waals surface area contributed by atoms with Crippen LogP contribution >= 0.6 is 0 Å². The summed E-state index contributed by atoms with van der Waals surface area (Å²) in [5.41, 5.74) is 0.137. The lowest BCUT2D eigenvalue weighted by Crippen LogP contribution is -2.41. The van der Waals surface area contributed by atoms with Crippen molar-refractivity contribution in [3.8, 4) is 0 Å². The molecule has 5 nitrogen and oxygen atoms in total. The van der Waals surface area contributed by atoms with E-state index in [0.29, 0.717) is 11.5 Å². The summed E-state index contributed by atoms with van der Waals surface area (Å²) < 4.78 is 0. The second-order valence-electron chi connectivity index (χ2n) is 5.26. The molecule has 0 amide bonds. The van der Waals surface area contributed by atoms with Gasteiger partial charge in [0.05, 0.1) is 5.56 Å². The standard InChI is InChI=1S/C13H14N2O3/c1-13(2,3)10-8(12(17)18)9(16)7-5-4-6-14-11(7)15-10/h4-6,8H,1-3H3,(H,17,18). The number of nitrogens with zero attached hydrogens (tertiary/aromatic N) is 2. The Morgan fingerprint density at radius 2 is 2.06 bits per heavy atom. The van der Waals surface area contributed by atoms with Gasteiger partial charge in [0.2, 0.25) is 0 Å². The predicted octanol–water partition coefficient (Wildman–Crippen LogP) is 2.10. The van der Waals surface area contributed by atoms with Crippen molar-refractivity contribution < 1.29 is 14.7 Å². The Kier molecular flexibility index (Phi) is 2.77. The van der Waals surface area contributed by atoms with E-state index in [-0.39, 0.29) is 5.56 Å². The van der Waals surface area contributed by atoms with Gasteiger partial charge < -0.3 is 5.11 Å². The number of rotatable bonds is 1. The van der Waals surface area contributed by atoms with Crippen molar-refractivity contribution in [1.82, 2.24) is 4.98 Å². The first-order valence-electron chi connectivity index (χ1n) is 5.63. The molecule has 0 radical (unpaired) electrons. The molecular weight excluding hydrogens is 232 g/mol. The summed E-state index contributed by atoms with van der Waals surface area (Å²) >= 11 is 0. The zero-order chi connectivity index (χ0) is 13.5. The van der Waals surface area contributed by atoms with Crippen LogP contribution in [0.2, 0.25) is 0 Å². The summed E-state index contributed by atoms with van der Waals surface area (Å²) in [6, 6.07) is 3.16. The topological polar surface area (TPSA) is 79.6 Å². The third-order valence-corrected chi connectivity index (χ3v) is 2.83. The summed E-state index contributed by atoms with van der Waals surface area (Å²) in [4.78, 5) is 31.8. The van der Waals surface area contributed by atoms with Gasteiger partial charge in [-0.3, -0.25) is 9.59 Å². The minimum Gasteiger partial charge on any atom is -0.480 e. The number of aromatic nitrogens is 1. The molecule has 0 spiro atoms. The van der Waals surface area contributed by atoms with E-state index < -0.39 is 23.1 Å². The summed E-state index contributed by atoms with van der Waals surface area (Å²) in [5.74, 6) is -2.50. The number of aliphatic carboxylic acids is 1. The van der Waals surface area contributed by atoms with E-state index in [1.165, 1.54) is 6.20 Å². The van der Waals surface area contributed by atoms with Crippen LogP contribution in [-0.2, 0) is 4.79 Å². The molecule has 0 aliphatic carbocycles. The molecule has 1 unspecified atom stereocenters. The van der Waals surface area contributed by atoms with Gasteiger partial charge in [-0.05, 0) is 12.1 Å². The van der Waals surface area contributed by atoms with Crippen LogP contribution in [0.4, 0.5) is 5.82 Å². The Labute approximate surface area is 105 Å². The summed E-state index contributed by atoms with van der Waals surface area (Å²) in [5, 5.41) is 9.25. The SMILES string of the molecule is CC(C)(C)C1=Nc2ncccc2C(=O)C1C(=O)O. The average molecular weight is 246 g/mol. The highest BCUT2D eigenvalue weighted by molar-refractivity contribution is 6.28. The zero-order valence-corrected chi connectivity index (χ0v) is 10.5. The molecule has 0 saturated heterocycles. The zero-order valence-electron chi connectivity index (χ0n) is 10.5. The van der Waals surface area contributed by atoms with E-state index in [2.05, 4.69) is 9.98 Å². The Morgan fingerprint density at radius 1 is 1.39 bits per heavy atom. The molecule has 18 heavy (non-hydrogen) atoms. The molecule has 0 aromatic carbocycles. The van der Waals surface area contributed by atoms with Crippen LogP contribution in [0.15, 0.2) is 23.3 Å². The van der Waals surface area contributed by atoms with Crippen molar-refractivity contribution in [2.75, 3.05) is 0 Å². The van der Waals surface area contributed by atoms with Gasteiger partial charge >= 0.3 is 5.97 Å². The third-order valence-electron chi connectivity index (χ3n) is 2.83. The molecular formula is C13H14N2O3. The Hall–Kier alpha value is -2.04. The van der Waals surface area contributed by atoms with Crippen molar-refractivity contribution in [2.24, 2.45) is 16.3 Å². The van der Waals surface area contributed by atoms with Gasteiger partial charge in [0.25, 0.3) is 0 Å². The fourth-order valence-electron chi connectivity index (χ4n) is 1.97. The Morgan fingerprint density at radius 3 is 2.61 bits per heavy atom. The smallest absolute Gasteiger partial charge is 0.320 e. The maximum Gasteiger partial charge on any atom is 0.320 e. The van der Waals surface area contributed by atoms with Crippen LogP contribution in [0, 0.1) is 11.3 Å². The van der Waals surface area contributed by atoms with E-state index in [1.54, 1.807) is 12.1 Å². The van der Waals surface area contributed by atoms with E-state index in [0.717, 1.165) is 0 Å². The summed E-state index contributed by atoms with van der Waals surface area (Å²) in [6.45, 7) is 5.51. The van der Waals surface area contributed by atoms with Gasteiger partial charge in [-0.1, -0.05) is 20.8 Å². The fourth-order valence-corrected chi connectivity index (χ4v) is 1.97. The Balaban J connectivity index is 2.66. The molecule has 1 aromatic rings. The molecule has 94 valence electrons. The summed E-state index contributed by atoms with van der Waals surface area (Å²) in [7, 11) is 0. The van der Waals surface area contributed by atoms with Gasteiger partial charge in [-0.25, -0.2) is 9.98 Å². The molecule has 1 aromatic heterocycles. The number of fused-ring (bicyclic) bond motifs is 1. The number of aliphatic imine (C=N–C) groups is 1. The first-order chi connectivity index (χ1) is 8.32. The quantitative estimate of drug-likeness (QED) is 0.769. The fraction of sp³-hybridized carbons (Fsp3) is 0.385. The number of carbonyl (C=O) groups is 2. The molecule has 5 heteroatoms. The highest BCUT2D eigenvalue weighted by Gasteiger charge is 2.42. The van der Waals surface area contributed by atoms with E-state index in [9.17, 15) is 14.7 Å². The predicted molar refractivity (Wildman–Crippen MR) is 66.2 cm³/mol. The number of pyridine rings is 1. The van der Waals surface area contributed by atoms with Gasteiger partial charge in [0, 0.05) is 17.3 Å². The molecule has 0 fully saturated rings. The summed E-state index contributed by atoms with van der Waals surface area (Å²) in [6.07, 6.45) is 1.54. The van der Waals surface area contributed by atoms with Crippen molar-refractivity contribution in [1.29, 1.82) is 0 Å². The number of Topliss-reactive ketones (excluding diaryl/α,β-unsaturated/α-hetero) is 1. The highest BCUT2D eigenvalue weighted by Crippen LogP contribution is 2.33. The average Bonchev–Trinajstić information content (AvgIpc) is 2.27. The number of carbonyl (C=O) groups excluding carboxylic acids is 1. The van der Waals surface area contributed by atoms with Gasteiger partial charge in [0.15, 0.2) is 17.5 Å². The van der Waals surface area contributed by atoms with Crippen LogP contribution < -0.4 is 0 Å². The van der Waals surface area contributed by atoms with Crippen LogP contribution in [0.5, 0.6) is 0 Å². The third kappa shape index (κ3) is 1.92. The minimum atomic E-state index is -1.21. The van der Waals surface area contributed by atoms with E-state index >= 15 is 0 Å². The largest absolute Gasteiger partial charge is 0.480 e. The maximum atomic E-state index is 12.2. The van der Waals surface area contributed by atoms with Crippen LogP contribution in [0.3, 0.4) is 0 Å². The lowest BCUT2D eigenvalue weighted by Gasteiger charge is -2.28. The maximum absolute atomic E-state index is 12.2. The highest BCUT2D eigenvalue weighted by atomic mass is 16.4. The van der Waals surface area contributed by atoms with Gasteiger partial charge in [-0.2, -0.15) is 0 Å². The molecule has 1 aliphatic heterocycles. The number of carboxylic acids is 1. The lowest BCUT2D eigenvalue weighted by atomic mass is 9.77. The molecule has 0 bridgehead atoms. The first kappa shape index (κ1) is 12.4. The monoisotopic (exact) mass is 246 g/mol. The minimum absolute atomic E-state index is 0.276. The van der Waals surface area contributed by atoms with Crippen molar-refractivity contribution in [3.63, 3.8) is 0 Å². The van der Waals surface area contributed by atoms with Gasteiger partial charge in [-0.15, -0.1) is 0 Å². The molecule has 1 aliphatic rings. The number of carboxylic acid groups (broad SMARTS) is 1. The molecule has 1 atom stereocenters. The molecule has 2 rings (SSSR count). The van der Waals surface area contributed by atoms with E-state index in [4.69, 9.17) is 0 Å². The first-order valence-corrected chi connectivity index (χ1v) is 5.63. The van der Waals surface area contributed by atoms with E-state index in [1.807, 2.05) is 20.8 Å². The van der Waals surface area contributed by atoms with Crippen molar-refractivity contribution in [2.45, 2.75) is 20.8 Å². The lowest BCUT2D eigenvalue weighted by molar-refractivity contribution is -0.138. The molecule has 0 saturated carbocycles. The normalized spacial score (nSPS) is 19.2. The van der Waals surface area contributed by atoms with Crippen LogP contribution in [0.25, 0.3) is 0 Å². The number of hydrogen-bond acceptors (Lipinski definition) is 4. The second-order valence-corrected chi connectivity index (χ2v) is 5.26. The van der Waals surface area contributed by atoms with Crippen LogP contribution in [-0.4, -0.2) is 27.6 Å². The molecule has 2 heterocycles.